The molecule has 1 aromatic heterocycles. The molecule has 1 amide bonds. The molecule has 6 rings (SSSR count). The van der Waals surface area contributed by atoms with Crippen LogP contribution in [0.5, 0.6) is 0 Å². The van der Waals surface area contributed by atoms with Crippen LogP contribution >= 0.6 is 0 Å². The number of morpholine rings is 1. The van der Waals surface area contributed by atoms with Crippen molar-refractivity contribution >= 4 is 29.3 Å². The number of alkyl halides is 2. The minimum atomic E-state index is -2.72. The van der Waals surface area contributed by atoms with E-state index in [0.29, 0.717) is 62.8 Å². The van der Waals surface area contributed by atoms with E-state index in [9.17, 15) is 13.6 Å². The van der Waals surface area contributed by atoms with Crippen molar-refractivity contribution < 1.29 is 18.3 Å². The van der Waals surface area contributed by atoms with Gasteiger partial charge in [0.05, 0.1) is 25.3 Å². The summed E-state index contributed by atoms with van der Waals surface area (Å²) in [5, 5.41) is 3.45. The molecule has 5 heterocycles. The van der Waals surface area contributed by atoms with E-state index in [1.165, 1.54) is 19.3 Å². The third-order valence-electron chi connectivity index (χ3n) is 8.64. The highest BCUT2D eigenvalue weighted by atomic mass is 19.3. The number of fused-ring (bicyclic) bond motifs is 1. The van der Waals surface area contributed by atoms with Gasteiger partial charge in [-0.3, -0.25) is 9.79 Å². The maximum atomic E-state index is 14.1. The minimum Gasteiger partial charge on any atom is -0.378 e. The molecule has 0 aromatic carbocycles. The molecular weight excluding hydrogens is 530 g/mol. The van der Waals surface area contributed by atoms with Crippen molar-refractivity contribution in [2.75, 3.05) is 80.7 Å². The van der Waals surface area contributed by atoms with Crippen LogP contribution in [0.15, 0.2) is 35.4 Å². The number of carbonyl (C=O) groups excluding carboxylic acids is 1. The number of likely N-dealkylation sites (tertiary alicyclic amines) is 2. The Morgan fingerprint density at radius 2 is 1.85 bits per heavy atom. The summed E-state index contributed by atoms with van der Waals surface area (Å²) >= 11 is 0. The number of ether oxygens (including phenoxy) is 1. The molecule has 222 valence electrons. The highest BCUT2D eigenvalue weighted by Gasteiger charge is 2.40. The zero-order valence-electron chi connectivity index (χ0n) is 23.5. The second kappa shape index (κ2) is 12.8. The third-order valence-corrected chi connectivity index (χ3v) is 8.64. The van der Waals surface area contributed by atoms with Crippen LogP contribution in [0.4, 0.5) is 26.4 Å². The highest BCUT2D eigenvalue weighted by Crippen LogP contribution is 2.32. The van der Waals surface area contributed by atoms with Crippen LogP contribution in [0, 0.1) is 5.92 Å². The lowest BCUT2D eigenvalue weighted by Gasteiger charge is -2.31. The molecule has 3 saturated heterocycles. The van der Waals surface area contributed by atoms with Gasteiger partial charge in [-0.15, -0.1) is 0 Å². The van der Waals surface area contributed by atoms with Crippen molar-refractivity contribution in [3.05, 3.63) is 30.4 Å². The Morgan fingerprint density at radius 3 is 2.66 bits per heavy atom. The van der Waals surface area contributed by atoms with Crippen molar-refractivity contribution in [2.45, 2.75) is 50.6 Å². The predicted octanol–water partition coefficient (Wildman–Crippen LogP) is 2.80. The zero-order chi connectivity index (χ0) is 28.2. The highest BCUT2D eigenvalue weighted by molar-refractivity contribution is 6.03. The number of hydrogen-bond acceptors (Lipinski definition) is 9. The van der Waals surface area contributed by atoms with Crippen LogP contribution in [0.25, 0.3) is 0 Å². The Balaban J connectivity index is 1.14. The Bertz CT molecular complexity index is 1170. The van der Waals surface area contributed by atoms with E-state index in [1.807, 2.05) is 34.1 Å². The summed E-state index contributed by atoms with van der Waals surface area (Å²) in [6.07, 6.45) is 9.96. The molecule has 0 saturated carbocycles. The molecule has 0 radical (unpaired) electrons. The average Bonchev–Trinajstić information content (AvgIpc) is 3.65. The minimum absolute atomic E-state index is 0.231. The van der Waals surface area contributed by atoms with Crippen LogP contribution in [-0.2, 0) is 9.53 Å². The van der Waals surface area contributed by atoms with Gasteiger partial charge in [0.25, 0.3) is 6.43 Å². The lowest BCUT2D eigenvalue weighted by molar-refractivity contribution is -0.130. The summed E-state index contributed by atoms with van der Waals surface area (Å²) in [5.41, 5.74) is 0. The fourth-order valence-corrected chi connectivity index (χ4v) is 6.35. The normalized spacial score (nSPS) is 26.6. The maximum absolute atomic E-state index is 14.1. The van der Waals surface area contributed by atoms with Crippen LogP contribution < -0.4 is 15.1 Å². The van der Waals surface area contributed by atoms with E-state index in [2.05, 4.69) is 15.2 Å². The summed E-state index contributed by atoms with van der Waals surface area (Å²) in [6, 6.07) is 1.01. The Labute approximate surface area is 240 Å². The van der Waals surface area contributed by atoms with E-state index in [-0.39, 0.29) is 23.8 Å². The molecule has 1 N–H and O–H groups in total. The number of hydrogen-bond donors (Lipinski definition) is 1. The lowest BCUT2D eigenvalue weighted by atomic mass is 10.0. The molecule has 3 atom stereocenters. The summed E-state index contributed by atoms with van der Waals surface area (Å²) < 4.78 is 33.8. The average molecular weight is 571 g/mol. The van der Waals surface area contributed by atoms with E-state index >= 15 is 0 Å². The quantitative estimate of drug-likeness (QED) is 0.485. The monoisotopic (exact) mass is 570 g/mol. The first-order chi connectivity index (χ1) is 20.0. The number of piperidine rings is 1. The largest absolute Gasteiger partial charge is 0.378 e. The lowest BCUT2D eigenvalue weighted by Crippen LogP contribution is -2.42. The Kier molecular flexibility index (Phi) is 8.75. The number of aromatic nitrogens is 2. The van der Waals surface area contributed by atoms with Crippen molar-refractivity contribution in [2.24, 2.45) is 10.9 Å². The van der Waals surface area contributed by atoms with Crippen LogP contribution in [0.3, 0.4) is 0 Å². The molecule has 1 aliphatic carbocycles. The van der Waals surface area contributed by atoms with Gasteiger partial charge in [0.1, 0.15) is 11.6 Å². The van der Waals surface area contributed by atoms with E-state index in [4.69, 9.17) is 14.7 Å². The van der Waals surface area contributed by atoms with Gasteiger partial charge in [-0.1, -0.05) is 30.7 Å². The van der Waals surface area contributed by atoms with Gasteiger partial charge in [0.15, 0.2) is 5.84 Å². The first kappa shape index (κ1) is 28.0. The van der Waals surface area contributed by atoms with E-state index in [0.717, 1.165) is 39.1 Å². The number of amidine groups is 1. The van der Waals surface area contributed by atoms with Gasteiger partial charge in [-0.2, -0.15) is 9.97 Å². The predicted molar refractivity (Wildman–Crippen MR) is 155 cm³/mol. The van der Waals surface area contributed by atoms with E-state index in [1.54, 1.807) is 11.0 Å². The summed E-state index contributed by atoms with van der Waals surface area (Å²) in [4.78, 5) is 34.7. The van der Waals surface area contributed by atoms with Gasteiger partial charge >= 0.3 is 0 Å². The first-order valence-electron chi connectivity index (χ1n) is 15.0. The van der Waals surface area contributed by atoms with Gasteiger partial charge in [-0.05, 0) is 38.3 Å². The van der Waals surface area contributed by atoms with Crippen LogP contribution in [0.1, 0.15) is 32.1 Å². The van der Waals surface area contributed by atoms with Gasteiger partial charge in [-0.25, -0.2) is 8.78 Å². The Hall–Kier alpha value is -3.12. The maximum Gasteiger partial charge on any atom is 0.295 e. The number of anilines is 3. The molecule has 4 aliphatic heterocycles. The molecule has 2 unspecified atom stereocenters. The first-order valence-corrected chi connectivity index (χ1v) is 15.0. The number of nitrogens with zero attached hydrogens (tertiary/aromatic N) is 7. The zero-order valence-corrected chi connectivity index (χ0v) is 23.5. The second-order valence-electron chi connectivity index (χ2n) is 11.4. The second-order valence-corrected chi connectivity index (χ2v) is 11.4. The standard InChI is InChI=1S/C29H40F2N8O2/c30-27(31)28-33-22-6-2-3-7-23(22)39(28)25-18-24(34-29(35-25)37-14-16-41-17-15-37)32-19-21-8-13-38(20-21)26(40)9-12-36-10-4-1-5-11-36/h2-3,6-7,18,21-23,27H,1,4-5,8-17,19-20H2,(H,32,34,35)/t21-,22?,23?/m1/s1. The SMILES string of the molecule is O=C(CCN1CCCCC1)N1CC[C@H](CNc2cc(N3C(C(F)F)=NC4C=CC=CC43)nc(N3CCOCC3)n2)C1. The number of amides is 1. The molecule has 3 fully saturated rings. The molecule has 0 spiro atoms. The summed E-state index contributed by atoms with van der Waals surface area (Å²) in [5.74, 6) is 1.72. The number of aliphatic imine (C=N–C) groups is 1. The molecule has 1 aromatic rings. The van der Waals surface area contributed by atoms with Crippen LogP contribution in [-0.4, -0.2) is 116 Å². The van der Waals surface area contributed by atoms with Crippen molar-refractivity contribution in [3.8, 4) is 0 Å². The van der Waals surface area contributed by atoms with Gasteiger partial charge < -0.3 is 29.7 Å². The molecule has 12 heteroatoms. The Morgan fingerprint density at radius 1 is 1.05 bits per heavy atom. The van der Waals surface area contributed by atoms with Gasteiger partial charge in [0.2, 0.25) is 11.9 Å². The van der Waals surface area contributed by atoms with Gasteiger partial charge in [0, 0.05) is 51.8 Å². The molecular formula is C29H40F2N8O2. The molecule has 41 heavy (non-hydrogen) atoms. The van der Waals surface area contributed by atoms with Crippen molar-refractivity contribution in [1.82, 2.24) is 19.8 Å². The number of carbonyl (C=O) groups is 1. The smallest absolute Gasteiger partial charge is 0.295 e. The fraction of sp³-hybridized carbons (Fsp3) is 0.655. The number of nitrogens with one attached hydrogen (secondary N) is 1. The van der Waals surface area contributed by atoms with E-state index < -0.39 is 6.43 Å². The summed E-state index contributed by atoms with van der Waals surface area (Å²) in [6.45, 7) is 7.55. The molecule has 10 nitrogen and oxygen atoms in total. The molecule has 5 aliphatic rings. The molecule has 0 bridgehead atoms. The van der Waals surface area contributed by atoms with Crippen molar-refractivity contribution in [1.29, 1.82) is 0 Å². The van der Waals surface area contributed by atoms with Crippen molar-refractivity contribution in [3.63, 3.8) is 0 Å². The number of allylic oxidation sites excluding steroid dienone is 2. The third kappa shape index (κ3) is 6.53. The number of rotatable bonds is 9. The number of halogens is 2. The topological polar surface area (TPSA) is 89.4 Å². The summed E-state index contributed by atoms with van der Waals surface area (Å²) in [7, 11) is 0. The fourth-order valence-electron chi connectivity index (χ4n) is 6.35. The van der Waals surface area contributed by atoms with Crippen LogP contribution in [0.2, 0.25) is 0 Å².